The zero-order valence-corrected chi connectivity index (χ0v) is 11.8. The van der Waals surface area contributed by atoms with Crippen molar-refractivity contribution in [3.05, 3.63) is 57.1 Å². The maximum atomic E-state index is 12.7. The molecule has 0 aliphatic heterocycles. The molecule has 1 aliphatic rings. The zero-order valence-electron chi connectivity index (χ0n) is 11.1. The topological polar surface area (TPSA) is 57.5 Å². The Morgan fingerprint density at radius 3 is 2.55 bits per heavy atom. The van der Waals surface area contributed by atoms with Crippen LogP contribution in [0.25, 0.3) is 0 Å². The molecular weight excluding hydrogens is 276 g/mol. The van der Waals surface area contributed by atoms with Crippen molar-refractivity contribution in [1.82, 2.24) is 0 Å². The van der Waals surface area contributed by atoms with Gasteiger partial charge in [0.1, 0.15) is 11.5 Å². The first-order valence-electron chi connectivity index (χ1n) is 6.32. The summed E-state index contributed by atoms with van der Waals surface area (Å²) in [6.45, 7) is 3.67. The minimum absolute atomic E-state index is 0.0198. The number of rotatable bonds is 0. The first kappa shape index (κ1) is 13.0. The van der Waals surface area contributed by atoms with Crippen LogP contribution in [-0.4, -0.2) is 16.0 Å². The number of phenolic OH excluding ortho intramolecular Hbond substituents is 2. The van der Waals surface area contributed by atoms with Crippen LogP contribution >= 0.6 is 11.6 Å². The fourth-order valence-electron chi connectivity index (χ4n) is 2.95. The number of aryl methyl sites for hydroxylation is 1. The summed E-state index contributed by atoms with van der Waals surface area (Å²) >= 11 is 6.18. The molecule has 2 aromatic carbocycles. The number of carbonyl (C=O) groups excluding carboxylic acids is 1. The maximum absolute atomic E-state index is 12.7. The highest BCUT2D eigenvalue weighted by Gasteiger charge is 2.34. The molecule has 2 N–H and O–H groups in total. The largest absolute Gasteiger partial charge is 0.507 e. The van der Waals surface area contributed by atoms with Crippen molar-refractivity contribution in [2.24, 2.45) is 0 Å². The summed E-state index contributed by atoms with van der Waals surface area (Å²) in [6.07, 6.45) is 0. The van der Waals surface area contributed by atoms with Crippen molar-refractivity contribution in [2.45, 2.75) is 19.8 Å². The molecule has 0 heterocycles. The van der Waals surface area contributed by atoms with Crippen LogP contribution < -0.4 is 0 Å². The predicted molar refractivity (Wildman–Crippen MR) is 76.9 cm³/mol. The Morgan fingerprint density at radius 2 is 1.85 bits per heavy atom. The van der Waals surface area contributed by atoms with Gasteiger partial charge in [-0.25, -0.2) is 0 Å². The van der Waals surface area contributed by atoms with Gasteiger partial charge in [-0.1, -0.05) is 30.7 Å². The highest BCUT2D eigenvalue weighted by Crippen LogP contribution is 2.46. The van der Waals surface area contributed by atoms with Crippen LogP contribution in [0, 0.1) is 6.92 Å². The Hall–Kier alpha value is -2.00. The van der Waals surface area contributed by atoms with Crippen molar-refractivity contribution in [3.8, 4) is 11.5 Å². The van der Waals surface area contributed by atoms with Gasteiger partial charge >= 0.3 is 0 Å². The number of halogens is 1. The van der Waals surface area contributed by atoms with Gasteiger partial charge in [0.15, 0.2) is 5.78 Å². The smallest absolute Gasteiger partial charge is 0.197 e. The van der Waals surface area contributed by atoms with E-state index < -0.39 is 0 Å². The van der Waals surface area contributed by atoms with Crippen LogP contribution in [0.5, 0.6) is 11.5 Å². The Kier molecular flexibility index (Phi) is 2.76. The molecule has 0 fully saturated rings. The molecule has 2 aromatic rings. The van der Waals surface area contributed by atoms with E-state index in [0.717, 1.165) is 5.56 Å². The lowest BCUT2D eigenvalue weighted by Crippen LogP contribution is -2.20. The summed E-state index contributed by atoms with van der Waals surface area (Å²) in [6, 6.07) is 6.49. The second-order valence-electron chi connectivity index (χ2n) is 5.11. The second-order valence-corrected chi connectivity index (χ2v) is 5.49. The Labute approximate surface area is 121 Å². The van der Waals surface area contributed by atoms with E-state index in [1.165, 1.54) is 12.1 Å². The molecule has 0 aromatic heterocycles. The average Bonchev–Trinajstić information content (AvgIpc) is 2.40. The molecule has 1 aliphatic carbocycles. The standard InChI is InChI=1S/C16H13ClO3/c1-7-6-11(19)15(17)13-8(2)9-4-3-5-10(18)14(9)16(20)12(7)13/h3-6,8,18-19H,1-2H3. The van der Waals surface area contributed by atoms with E-state index >= 15 is 0 Å². The SMILES string of the molecule is Cc1cc(O)c(Cl)c2c1C(=O)c1c(O)cccc1C2C. The third-order valence-electron chi connectivity index (χ3n) is 3.91. The van der Waals surface area contributed by atoms with Gasteiger partial charge in [0.05, 0.1) is 10.6 Å². The Bertz CT molecular complexity index is 750. The number of fused-ring (bicyclic) bond motifs is 2. The third-order valence-corrected chi connectivity index (χ3v) is 4.30. The molecule has 1 unspecified atom stereocenters. The first-order chi connectivity index (χ1) is 9.43. The fraction of sp³-hybridized carbons (Fsp3) is 0.188. The lowest BCUT2D eigenvalue weighted by Gasteiger charge is -2.27. The molecular formula is C16H13ClO3. The first-order valence-corrected chi connectivity index (χ1v) is 6.69. The number of aromatic hydroxyl groups is 2. The number of hydrogen-bond donors (Lipinski definition) is 2. The van der Waals surface area contributed by atoms with Crippen molar-refractivity contribution >= 4 is 17.4 Å². The van der Waals surface area contributed by atoms with Crippen LogP contribution in [-0.2, 0) is 0 Å². The molecule has 1 atom stereocenters. The molecule has 0 saturated carbocycles. The summed E-state index contributed by atoms with van der Waals surface area (Å²) in [5.41, 5.74) is 2.83. The number of phenols is 2. The van der Waals surface area contributed by atoms with E-state index in [2.05, 4.69) is 0 Å². The van der Waals surface area contributed by atoms with Crippen LogP contribution in [0.2, 0.25) is 5.02 Å². The third kappa shape index (κ3) is 1.56. The van der Waals surface area contributed by atoms with E-state index in [9.17, 15) is 15.0 Å². The molecule has 3 nitrogen and oxygen atoms in total. The Morgan fingerprint density at radius 1 is 1.15 bits per heavy atom. The van der Waals surface area contributed by atoms with E-state index in [0.29, 0.717) is 22.3 Å². The second kappa shape index (κ2) is 4.25. The molecule has 0 saturated heterocycles. The van der Waals surface area contributed by atoms with Gasteiger partial charge < -0.3 is 10.2 Å². The van der Waals surface area contributed by atoms with Gasteiger partial charge in [0, 0.05) is 11.5 Å². The maximum Gasteiger partial charge on any atom is 0.197 e. The number of hydrogen-bond acceptors (Lipinski definition) is 3. The molecule has 0 radical (unpaired) electrons. The lowest BCUT2D eigenvalue weighted by atomic mass is 9.76. The van der Waals surface area contributed by atoms with Gasteiger partial charge in [-0.05, 0) is 35.7 Å². The van der Waals surface area contributed by atoms with Crippen LogP contribution in [0.15, 0.2) is 24.3 Å². The summed E-state index contributed by atoms with van der Waals surface area (Å²) in [7, 11) is 0. The summed E-state index contributed by atoms with van der Waals surface area (Å²) in [5, 5.41) is 20.1. The Balaban J connectivity index is 2.41. The number of benzene rings is 2. The molecule has 0 bridgehead atoms. The van der Waals surface area contributed by atoms with Crippen molar-refractivity contribution in [1.29, 1.82) is 0 Å². The molecule has 102 valence electrons. The van der Waals surface area contributed by atoms with Gasteiger partial charge in [-0.15, -0.1) is 0 Å². The monoisotopic (exact) mass is 288 g/mol. The van der Waals surface area contributed by atoms with Crippen LogP contribution in [0.4, 0.5) is 0 Å². The van der Waals surface area contributed by atoms with E-state index in [-0.39, 0.29) is 28.2 Å². The van der Waals surface area contributed by atoms with E-state index in [1.54, 1.807) is 19.1 Å². The highest BCUT2D eigenvalue weighted by atomic mass is 35.5. The highest BCUT2D eigenvalue weighted by molar-refractivity contribution is 6.34. The summed E-state index contributed by atoms with van der Waals surface area (Å²) in [4.78, 5) is 12.7. The minimum atomic E-state index is -0.245. The molecule has 0 amide bonds. The fourth-order valence-corrected chi connectivity index (χ4v) is 3.27. The summed E-state index contributed by atoms with van der Waals surface area (Å²) in [5.74, 6) is -0.450. The van der Waals surface area contributed by atoms with Crippen molar-refractivity contribution < 1.29 is 15.0 Å². The molecule has 20 heavy (non-hydrogen) atoms. The lowest BCUT2D eigenvalue weighted by molar-refractivity contribution is 0.103. The average molecular weight is 289 g/mol. The number of carbonyl (C=O) groups is 1. The van der Waals surface area contributed by atoms with Gasteiger partial charge in [-0.3, -0.25) is 4.79 Å². The number of ketones is 1. The van der Waals surface area contributed by atoms with Crippen molar-refractivity contribution in [3.63, 3.8) is 0 Å². The normalized spacial score (nSPS) is 16.8. The van der Waals surface area contributed by atoms with Crippen LogP contribution in [0.3, 0.4) is 0 Å². The van der Waals surface area contributed by atoms with E-state index in [1.807, 2.05) is 6.92 Å². The zero-order chi connectivity index (χ0) is 14.6. The molecule has 0 spiro atoms. The van der Waals surface area contributed by atoms with E-state index in [4.69, 9.17) is 11.6 Å². The van der Waals surface area contributed by atoms with Crippen molar-refractivity contribution in [2.75, 3.05) is 0 Å². The molecule has 4 heteroatoms. The van der Waals surface area contributed by atoms with Gasteiger partial charge in [0.2, 0.25) is 0 Å². The summed E-state index contributed by atoms with van der Waals surface area (Å²) < 4.78 is 0. The molecule has 3 rings (SSSR count). The predicted octanol–water partition coefficient (Wildman–Crippen LogP) is 3.76. The van der Waals surface area contributed by atoms with Crippen LogP contribution in [0.1, 0.15) is 45.5 Å². The van der Waals surface area contributed by atoms with Gasteiger partial charge in [-0.2, -0.15) is 0 Å². The minimum Gasteiger partial charge on any atom is -0.507 e. The van der Waals surface area contributed by atoms with Gasteiger partial charge in [0.25, 0.3) is 0 Å². The quantitative estimate of drug-likeness (QED) is 0.776.